The van der Waals surface area contributed by atoms with E-state index >= 15 is 0 Å². The third-order valence-corrected chi connectivity index (χ3v) is 4.56. The van der Waals surface area contributed by atoms with E-state index in [2.05, 4.69) is 0 Å². The number of benzene rings is 1. The highest BCUT2D eigenvalue weighted by Gasteiger charge is 2.58. The molecule has 0 bridgehead atoms. The Morgan fingerprint density at radius 1 is 1.04 bits per heavy atom. The molecule has 2 aromatic rings. The monoisotopic (exact) mass is 362 g/mol. The maximum Gasteiger partial charge on any atom is 0.509 e. The van der Waals surface area contributed by atoms with Gasteiger partial charge < -0.3 is 28.1 Å². The zero-order valence-electron chi connectivity index (χ0n) is 14.5. The van der Waals surface area contributed by atoms with E-state index in [0.29, 0.717) is 11.3 Å². The van der Waals surface area contributed by atoms with E-state index in [1.165, 1.54) is 13.2 Å². The smallest absolute Gasteiger partial charge is 0.461 e. The summed E-state index contributed by atoms with van der Waals surface area (Å²) in [6, 6.07) is 8.07. The Bertz CT molecular complexity index is 901. The third-order valence-electron chi connectivity index (χ3n) is 4.56. The molecule has 1 aromatic heterocycles. The molecule has 4 atom stereocenters. The van der Waals surface area contributed by atoms with Crippen LogP contribution in [0.4, 0.5) is 4.79 Å². The number of carbonyl (C=O) groups is 1. The summed E-state index contributed by atoms with van der Waals surface area (Å²) in [5.41, 5.74) is -0.847. The maximum atomic E-state index is 11.6. The van der Waals surface area contributed by atoms with Gasteiger partial charge in [0, 0.05) is 24.6 Å². The number of rotatable bonds is 3. The standard InChI is InChI=1S/C18H18O8/c1-18(2)15(21-3)13-14(25-17(20)24-13)16(26-18)22-10-6-4-9-5-7-12(19)23-11(9)8-10/h4-8,13-16H,1-3H3/t13-,14-,15+,16?/m0/s1. The van der Waals surface area contributed by atoms with E-state index in [1.54, 1.807) is 24.3 Å². The molecule has 0 N–H and O–H groups in total. The van der Waals surface area contributed by atoms with Crippen LogP contribution in [0.25, 0.3) is 11.0 Å². The minimum atomic E-state index is -0.902. The molecule has 2 aliphatic heterocycles. The predicted molar refractivity (Wildman–Crippen MR) is 88.0 cm³/mol. The van der Waals surface area contributed by atoms with Gasteiger partial charge >= 0.3 is 11.8 Å². The third kappa shape index (κ3) is 2.81. The molecule has 1 unspecified atom stereocenters. The minimum Gasteiger partial charge on any atom is -0.461 e. The quantitative estimate of drug-likeness (QED) is 0.606. The number of ether oxygens (including phenoxy) is 5. The lowest BCUT2D eigenvalue weighted by atomic mass is 9.89. The summed E-state index contributed by atoms with van der Waals surface area (Å²) in [7, 11) is 1.52. The first kappa shape index (κ1) is 16.9. The van der Waals surface area contributed by atoms with Gasteiger partial charge in [-0.05, 0) is 32.0 Å². The average molecular weight is 362 g/mol. The van der Waals surface area contributed by atoms with Crippen LogP contribution in [-0.4, -0.2) is 43.5 Å². The molecule has 0 saturated carbocycles. The zero-order chi connectivity index (χ0) is 18.5. The largest absolute Gasteiger partial charge is 0.509 e. The van der Waals surface area contributed by atoms with E-state index in [4.69, 9.17) is 28.1 Å². The molecule has 0 radical (unpaired) electrons. The van der Waals surface area contributed by atoms with E-state index in [1.807, 2.05) is 13.8 Å². The Balaban J connectivity index is 1.64. The topological polar surface area (TPSA) is 93.4 Å². The van der Waals surface area contributed by atoms with Crippen LogP contribution >= 0.6 is 0 Å². The van der Waals surface area contributed by atoms with E-state index in [9.17, 15) is 9.59 Å². The summed E-state index contributed by atoms with van der Waals surface area (Å²) >= 11 is 0. The van der Waals surface area contributed by atoms with Crippen LogP contribution in [0.1, 0.15) is 13.8 Å². The lowest BCUT2D eigenvalue weighted by molar-refractivity contribution is -0.282. The van der Waals surface area contributed by atoms with Crippen molar-refractivity contribution < 1.29 is 32.9 Å². The van der Waals surface area contributed by atoms with Crippen LogP contribution in [0.5, 0.6) is 5.75 Å². The van der Waals surface area contributed by atoms with Gasteiger partial charge in [-0.15, -0.1) is 0 Å². The van der Waals surface area contributed by atoms with Gasteiger partial charge in [-0.1, -0.05) is 0 Å². The van der Waals surface area contributed by atoms with Gasteiger partial charge in [0.2, 0.25) is 12.4 Å². The fourth-order valence-corrected chi connectivity index (χ4v) is 3.42. The lowest BCUT2D eigenvalue weighted by Crippen LogP contribution is -2.62. The second kappa shape index (κ2) is 6.00. The van der Waals surface area contributed by atoms with Crippen molar-refractivity contribution in [3.63, 3.8) is 0 Å². The lowest BCUT2D eigenvalue weighted by Gasteiger charge is -2.45. The summed E-state index contributed by atoms with van der Waals surface area (Å²) in [5.74, 6) is 0.408. The van der Waals surface area contributed by atoms with E-state index < -0.39 is 42.0 Å². The van der Waals surface area contributed by atoms with Crippen molar-refractivity contribution in [3.05, 3.63) is 40.8 Å². The summed E-state index contributed by atoms with van der Waals surface area (Å²) in [6.07, 6.45) is -3.63. The van der Waals surface area contributed by atoms with Gasteiger partial charge in [-0.2, -0.15) is 0 Å². The Hall–Kier alpha value is -2.58. The van der Waals surface area contributed by atoms with Crippen LogP contribution in [0, 0.1) is 0 Å². The first-order chi connectivity index (χ1) is 12.4. The van der Waals surface area contributed by atoms with Gasteiger partial charge in [-0.25, -0.2) is 9.59 Å². The van der Waals surface area contributed by atoms with Crippen LogP contribution in [-0.2, 0) is 18.9 Å². The molecule has 0 aliphatic carbocycles. The predicted octanol–water partition coefficient (Wildman–Crippen LogP) is 2.23. The first-order valence-corrected chi connectivity index (χ1v) is 8.16. The molecule has 8 nitrogen and oxygen atoms in total. The van der Waals surface area contributed by atoms with Crippen molar-refractivity contribution in [2.45, 2.75) is 44.1 Å². The molecule has 8 heteroatoms. The van der Waals surface area contributed by atoms with Crippen LogP contribution in [0.3, 0.4) is 0 Å². The number of fused-ring (bicyclic) bond motifs is 2. The summed E-state index contributed by atoms with van der Waals surface area (Å²) in [6.45, 7) is 3.64. The van der Waals surface area contributed by atoms with Crippen molar-refractivity contribution in [2.24, 2.45) is 0 Å². The number of carbonyl (C=O) groups excluding carboxylic acids is 1. The summed E-state index contributed by atoms with van der Waals surface area (Å²) in [5, 5.41) is 0.759. The fourth-order valence-electron chi connectivity index (χ4n) is 3.42. The minimum absolute atomic E-state index is 0.385. The van der Waals surface area contributed by atoms with Gasteiger partial charge in [0.15, 0.2) is 6.10 Å². The Kier molecular flexibility index (Phi) is 3.89. The molecular formula is C18H18O8. The Labute approximate surface area is 148 Å². The highest BCUT2D eigenvalue weighted by Crippen LogP contribution is 2.38. The summed E-state index contributed by atoms with van der Waals surface area (Å²) < 4.78 is 33.0. The molecule has 2 saturated heterocycles. The maximum absolute atomic E-state index is 11.6. The highest BCUT2D eigenvalue weighted by atomic mass is 16.8. The second-order valence-electron chi connectivity index (χ2n) is 6.73. The van der Waals surface area contributed by atoms with Gasteiger partial charge in [0.05, 0.1) is 5.60 Å². The van der Waals surface area contributed by atoms with Crippen molar-refractivity contribution in [2.75, 3.05) is 7.11 Å². The first-order valence-electron chi connectivity index (χ1n) is 8.16. The van der Waals surface area contributed by atoms with Crippen molar-refractivity contribution in [1.29, 1.82) is 0 Å². The van der Waals surface area contributed by atoms with Crippen LogP contribution in [0.2, 0.25) is 0 Å². The molecule has 1 aromatic carbocycles. The molecular weight excluding hydrogens is 344 g/mol. The van der Waals surface area contributed by atoms with E-state index in [0.717, 1.165) is 5.39 Å². The normalized spacial score (nSPS) is 29.7. The SMILES string of the molecule is CO[C@@H]1[C@H]2OC(=O)O[C@@H]2C(Oc2ccc3ccc(=O)oc3c2)OC1(C)C. The number of hydrogen-bond acceptors (Lipinski definition) is 8. The molecule has 4 rings (SSSR count). The van der Waals surface area contributed by atoms with Crippen LogP contribution in [0.15, 0.2) is 39.5 Å². The van der Waals surface area contributed by atoms with Crippen molar-refractivity contribution >= 4 is 17.1 Å². The molecule has 138 valence electrons. The molecule has 0 spiro atoms. The Morgan fingerprint density at radius 3 is 2.54 bits per heavy atom. The molecule has 26 heavy (non-hydrogen) atoms. The zero-order valence-corrected chi connectivity index (χ0v) is 14.5. The van der Waals surface area contributed by atoms with Gasteiger partial charge in [0.25, 0.3) is 0 Å². The van der Waals surface area contributed by atoms with Gasteiger partial charge in [0.1, 0.15) is 17.4 Å². The fraction of sp³-hybridized carbons (Fsp3) is 0.444. The van der Waals surface area contributed by atoms with E-state index in [-0.39, 0.29) is 0 Å². The number of methoxy groups -OCH3 is 1. The average Bonchev–Trinajstić information content (AvgIpc) is 2.95. The second-order valence-corrected chi connectivity index (χ2v) is 6.73. The molecule has 2 aliphatic rings. The summed E-state index contributed by atoms with van der Waals surface area (Å²) in [4.78, 5) is 23.0. The molecule has 0 amide bonds. The van der Waals surface area contributed by atoms with Crippen molar-refractivity contribution in [3.8, 4) is 5.75 Å². The number of hydrogen-bond donors (Lipinski definition) is 0. The molecule has 3 heterocycles. The van der Waals surface area contributed by atoms with Crippen LogP contribution < -0.4 is 10.4 Å². The van der Waals surface area contributed by atoms with Gasteiger partial charge in [-0.3, -0.25) is 0 Å². The molecule has 2 fully saturated rings. The highest BCUT2D eigenvalue weighted by molar-refractivity contribution is 5.77. The Morgan fingerprint density at radius 2 is 1.77 bits per heavy atom. The van der Waals surface area contributed by atoms with Crippen molar-refractivity contribution in [1.82, 2.24) is 0 Å².